The zero-order valence-electron chi connectivity index (χ0n) is 9.32. The van der Waals surface area contributed by atoms with Gasteiger partial charge in [-0.05, 0) is 29.8 Å². The van der Waals surface area contributed by atoms with Gasteiger partial charge in [0.25, 0.3) is 0 Å². The largest absolute Gasteiger partial charge is 0.478 e. The maximum atomic E-state index is 11.0. The van der Waals surface area contributed by atoms with Crippen molar-refractivity contribution >= 4 is 11.5 Å². The van der Waals surface area contributed by atoms with Crippen LogP contribution in [0.1, 0.15) is 10.4 Å². The topological polar surface area (TPSA) is 67.5 Å². The van der Waals surface area contributed by atoms with Crippen molar-refractivity contribution in [3.8, 4) is 11.1 Å². The fourth-order valence-corrected chi connectivity index (χ4v) is 1.87. The SMILES string of the molecule is O=C(O)c1cccc(-c2cnn3ncccc23)c1. The molecular weight excluding hydrogens is 230 g/mol. The lowest BCUT2D eigenvalue weighted by Gasteiger charge is -2.00. The van der Waals surface area contributed by atoms with Crippen molar-refractivity contribution in [2.24, 2.45) is 0 Å². The van der Waals surface area contributed by atoms with Crippen molar-refractivity contribution in [3.63, 3.8) is 0 Å². The Morgan fingerprint density at radius 2 is 2.06 bits per heavy atom. The first-order valence-electron chi connectivity index (χ1n) is 5.38. The van der Waals surface area contributed by atoms with Crippen molar-refractivity contribution in [2.75, 3.05) is 0 Å². The Morgan fingerprint density at radius 1 is 1.17 bits per heavy atom. The van der Waals surface area contributed by atoms with Crippen molar-refractivity contribution in [2.45, 2.75) is 0 Å². The Hall–Kier alpha value is -2.69. The predicted octanol–water partition coefficient (Wildman–Crippen LogP) is 2.09. The molecule has 1 N–H and O–H groups in total. The second kappa shape index (κ2) is 3.96. The lowest BCUT2D eigenvalue weighted by Crippen LogP contribution is -1.95. The lowest BCUT2D eigenvalue weighted by atomic mass is 10.0. The Labute approximate surface area is 102 Å². The first-order chi connectivity index (χ1) is 8.75. The molecule has 0 bridgehead atoms. The monoisotopic (exact) mass is 239 g/mol. The maximum Gasteiger partial charge on any atom is 0.335 e. The van der Waals surface area contributed by atoms with Crippen molar-refractivity contribution in [1.29, 1.82) is 0 Å². The van der Waals surface area contributed by atoms with Gasteiger partial charge in [-0.2, -0.15) is 14.8 Å². The molecular formula is C13H9N3O2. The van der Waals surface area contributed by atoms with Gasteiger partial charge in [0, 0.05) is 11.8 Å². The van der Waals surface area contributed by atoms with Crippen LogP contribution in [0, 0.1) is 0 Å². The number of carbonyl (C=O) groups is 1. The molecule has 1 aromatic carbocycles. The molecule has 2 heterocycles. The quantitative estimate of drug-likeness (QED) is 0.743. The molecule has 0 unspecified atom stereocenters. The first-order valence-corrected chi connectivity index (χ1v) is 5.38. The van der Waals surface area contributed by atoms with Gasteiger partial charge in [-0.3, -0.25) is 0 Å². The van der Waals surface area contributed by atoms with E-state index in [2.05, 4.69) is 10.2 Å². The standard InChI is InChI=1S/C13H9N3O2/c17-13(18)10-4-1-3-9(7-10)11-8-15-16-12(11)5-2-6-14-16/h1-8H,(H,17,18). The number of carboxylic acid groups (broad SMARTS) is 1. The summed E-state index contributed by atoms with van der Waals surface area (Å²) >= 11 is 0. The molecule has 3 aromatic rings. The van der Waals surface area contributed by atoms with Crippen molar-refractivity contribution in [1.82, 2.24) is 14.8 Å². The van der Waals surface area contributed by atoms with E-state index in [-0.39, 0.29) is 5.56 Å². The zero-order valence-corrected chi connectivity index (χ0v) is 9.32. The zero-order chi connectivity index (χ0) is 12.5. The highest BCUT2D eigenvalue weighted by atomic mass is 16.4. The fraction of sp³-hybridized carbons (Fsp3) is 0. The van der Waals surface area contributed by atoms with Crippen molar-refractivity contribution in [3.05, 3.63) is 54.4 Å². The number of hydrogen-bond acceptors (Lipinski definition) is 3. The van der Waals surface area contributed by atoms with E-state index in [4.69, 9.17) is 5.11 Å². The van der Waals surface area contributed by atoms with Gasteiger partial charge in [-0.25, -0.2) is 4.79 Å². The van der Waals surface area contributed by atoms with E-state index in [9.17, 15) is 4.79 Å². The summed E-state index contributed by atoms with van der Waals surface area (Å²) in [5.41, 5.74) is 2.79. The maximum absolute atomic E-state index is 11.0. The summed E-state index contributed by atoms with van der Waals surface area (Å²) in [6.07, 6.45) is 3.33. The Bertz CT molecular complexity index is 734. The molecule has 0 radical (unpaired) electrons. The van der Waals surface area contributed by atoms with Gasteiger partial charge in [0.15, 0.2) is 0 Å². The van der Waals surface area contributed by atoms with Gasteiger partial charge in [-0.15, -0.1) is 0 Å². The summed E-state index contributed by atoms with van der Waals surface area (Å²) in [6.45, 7) is 0. The minimum absolute atomic E-state index is 0.260. The molecule has 2 aromatic heterocycles. The molecule has 0 fully saturated rings. The van der Waals surface area contributed by atoms with Gasteiger partial charge in [0.2, 0.25) is 0 Å². The van der Waals surface area contributed by atoms with Gasteiger partial charge in [0.05, 0.1) is 17.3 Å². The van der Waals surface area contributed by atoms with E-state index in [1.165, 1.54) is 4.63 Å². The Morgan fingerprint density at radius 3 is 2.89 bits per heavy atom. The second-order valence-corrected chi connectivity index (χ2v) is 3.84. The summed E-state index contributed by atoms with van der Waals surface area (Å²) in [5.74, 6) is -0.938. The van der Waals surface area contributed by atoms with Crippen LogP contribution in [0.4, 0.5) is 0 Å². The molecule has 0 saturated heterocycles. The Kier molecular flexibility index (Phi) is 2.30. The minimum atomic E-state index is -0.938. The van der Waals surface area contributed by atoms with Crippen LogP contribution in [0.5, 0.6) is 0 Å². The third-order valence-corrected chi connectivity index (χ3v) is 2.72. The average Bonchev–Trinajstić information content (AvgIpc) is 2.82. The van der Waals surface area contributed by atoms with Crippen LogP contribution in [-0.2, 0) is 0 Å². The molecule has 0 aliphatic carbocycles. The van der Waals surface area contributed by atoms with E-state index in [0.717, 1.165) is 16.6 Å². The molecule has 0 aliphatic rings. The third kappa shape index (κ3) is 1.62. The number of rotatable bonds is 2. The molecule has 0 amide bonds. The summed E-state index contributed by atoms with van der Waals surface area (Å²) in [7, 11) is 0. The molecule has 0 atom stereocenters. The molecule has 5 heteroatoms. The van der Waals surface area contributed by atoms with Gasteiger partial charge < -0.3 is 5.11 Å². The van der Waals surface area contributed by atoms with Crippen LogP contribution in [-0.4, -0.2) is 25.9 Å². The lowest BCUT2D eigenvalue weighted by molar-refractivity contribution is 0.0697. The number of nitrogens with zero attached hydrogens (tertiary/aromatic N) is 3. The molecule has 0 spiro atoms. The summed E-state index contributed by atoms with van der Waals surface area (Å²) < 4.78 is 1.52. The highest BCUT2D eigenvalue weighted by Crippen LogP contribution is 2.24. The van der Waals surface area contributed by atoms with Crippen molar-refractivity contribution < 1.29 is 9.90 Å². The van der Waals surface area contributed by atoms with Crippen LogP contribution in [0.2, 0.25) is 0 Å². The van der Waals surface area contributed by atoms with E-state index >= 15 is 0 Å². The summed E-state index contributed by atoms with van der Waals surface area (Å²) in [6, 6.07) is 10.5. The average molecular weight is 239 g/mol. The molecule has 0 aliphatic heterocycles. The highest BCUT2D eigenvalue weighted by molar-refractivity contribution is 5.90. The molecule has 0 saturated carbocycles. The number of aromatic carboxylic acids is 1. The third-order valence-electron chi connectivity index (χ3n) is 2.72. The van der Waals surface area contributed by atoms with Crippen LogP contribution in [0.15, 0.2) is 48.8 Å². The Balaban J connectivity index is 2.20. The van der Waals surface area contributed by atoms with Crippen LogP contribution in [0.25, 0.3) is 16.6 Å². The smallest absolute Gasteiger partial charge is 0.335 e. The highest BCUT2D eigenvalue weighted by Gasteiger charge is 2.09. The first kappa shape index (κ1) is 10.5. The van der Waals surface area contributed by atoms with Crippen LogP contribution >= 0.6 is 0 Å². The number of hydrogen-bond donors (Lipinski definition) is 1. The summed E-state index contributed by atoms with van der Waals surface area (Å²) in [4.78, 5) is 11.0. The number of carboxylic acids is 1. The van der Waals surface area contributed by atoms with Gasteiger partial charge >= 0.3 is 5.97 Å². The molecule has 3 rings (SSSR count). The fourth-order valence-electron chi connectivity index (χ4n) is 1.87. The second-order valence-electron chi connectivity index (χ2n) is 3.84. The molecule has 88 valence electrons. The molecule has 5 nitrogen and oxygen atoms in total. The number of aromatic nitrogens is 3. The van der Waals surface area contributed by atoms with Gasteiger partial charge in [0.1, 0.15) is 0 Å². The van der Waals surface area contributed by atoms with E-state index in [1.54, 1.807) is 30.6 Å². The van der Waals surface area contributed by atoms with Crippen LogP contribution < -0.4 is 0 Å². The van der Waals surface area contributed by atoms with Crippen LogP contribution in [0.3, 0.4) is 0 Å². The predicted molar refractivity (Wildman–Crippen MR) is 65.4 cm³/mol. The number of benzene rings is 1. The summed E-state index contributed by atoms with van der Waals surface area (Å²) in [5, 5.41) is 17.2. The van der Waals surface area contributed by atoms with E-state index < -0.39 is 5.97 Å². The number of fused-ring (bicyclic) bond motifs is 1. The van der Waals surface area contributed by atoms with E-state index in [1.807, 2.05) is 18.2 Å². The minimum Gasteiger partial charge on any atom is -0.478 e. The molecule has 18 heavy (non-hydrogen) atoms. The van der Waals surface area contributed by atoms with E-state index in [0.29, 0.717) is 0 Å². The normalized spacial score (nSPS) is 10.7. The van der Waals surface area contributed by atoms with Gasteiger partial charge in [-0.1, -0.05) is 12.1 Å².